The quantitative estimate of drug-likeness (QED) is 0.211. The van der Waals surface area contributed by atoms with Crippen LogP contribution >= 0.6 is 0 Å². The van der Waals surface area contributed by atoms with Gasteiger partial charge in [0.05, 0.1) is 34.7 Å². The van der Waals surface area contributed by atoms with Gasteiger partial charge in [-0.05, 0) is 56.1 Å². The van der Waals surface area contributed by atoms with Crippen LogP contribution in [0.4, 0.5) is 24.8 Å². The number of ether oxygens (including phenoxy) is 1. The smallest absolute Gasteiger partial charge is 0.393 e. The Morgan fingerprint density at radius 2 is 1.93 bits per heavy atom. The second-order valence-corrected chi connectivity index (χ2v) is 10.8. The summed E-state index contributed by atoms with van der Waals surface area (Å²) in [6, 6.07) is 14.7. The van der Waals surface area contributed by atoms with Gasteiger partial charge in [-0.25, -0.2) is 19.7 Å². The van der Waals surface area contributed by atoms with Crippen molar-refractivity contribution in [2.45, 2.75) is 38.4 Å². The molecule has 12 heteroatoms. The normalized spacial score (nSPS) is 16.5. The first-order chi connectivity index (χ1) is 19.3. The van der Waals surface area contributed by atoms with Crippen LogP contribution in [0.3, 0.4) is 0 Å². The first-order valence-corrected chi connectivity index (χ1v) is 14.3. The van der Waals surface area contributed by atoms with E-state index in [1.807, 2.05) is 25.1 Å². The number of nitrogens with zero attached hydrogens (tertiary/aromatic N) is 3. The first-order valence-electron chi connectivity index (χ1n) is 12.9. The maximum atomic E-state index is 12.6. The Bertz CT molecular complexity index is 1470. The number of hydrogen-bond donors (Lipinski definition) is 3. The molecule has 1 unspecified atom stereocenters. The third-order valence-electron chi connectivity index (χ3n) is 6.51. The Morgan fingerprint density at radius 3 is 2.70 bits per heavy atom. The minimum absolute atomic E-state index is 0.248. The zero-order valence-electron chi connectivity index (χ0n) is 21.8. The van der Waals surface area contributed by atoms with Crippen LogP contribution in [0.2, 0.25) is 0 Å². The number of piperidine rings is 1. The van der Waals surface area contributed by atoms with Gasteiger partial charge in [0.25, 0.3) is 0 Å². The van der Waals surface area contributed by atoms with Crippen LogP contribution in [-0.2, 0) is 11.4 Å². The molecule has 2 atom stereocenters. The van der Waals surface area contributed by atoms with E-state index in [0.29, 0.717) is 50.9 Å². The predicted octanol–water partition coefficient (Wildman–Crippen LogP) is 5.98. The van der Waals surface area contributed by atoms with Crippen molar-refractivity contribution in [1.29, 1.82) is 0 Å². The molecule has 0 aliphatic carbocycles. The second kappa shape index (κ2) is 12.3. The van der Waals surface area contributed by atoms with Crippen molar-refractivity contribution < 1.29 is 22.5 Å². The van der Waals surface area contributed by atoms with E-state index in [4.69, 9.17) is 9.72 Å². The standard InChI is InChI=1S/C28H29F3N6O2S/c1-18-16-24(37-40(38)15-11-28(29,30)31)20-7-2-3-8-21(20)25(18)39-26-22(9-5-13-33-26)23-10-14-34-27(36-23)35-19-6-4-12-32-17-19/h2-3,5,7-10,13-14,16,19,32,37H,4,6,11-12,15,17H2,1H3,(H,34,35,36)/t19-,40?/m0/s1. The Kier molecular flexibility index (Phi) is 8.57. The summed E-state index contributed by atoms with van der Waals surface area (Å²) < 4.78 is 59.4. The monoisotopic (exact) mass is 570 g/mol. The predicted molar refractivity (Wildman–Crippen MR) is 151 cm³/mol. The molecule has 1 saturated heterocycles. The van der Waals surface area contributed by atoms with Crippen molar-refractivity contribution in [3.63, 3.8) is 0 Å². The van der Waals surface area contributed by atoms with Gasteiger partial charge in [0, 0.05) is 35.8 Å². The summed E-state index contributed by atoms with van der Waals surface area (Å²) >= 11 is -1.91. The van der Waals surface area contributed by atoms with E-state index in [2.05, 4.69) is 25.3 Å². The number of anilines is 2. The highest BCUT2D eigenvalue weighted by molar-refractivity contribution is 7.92. The van der Waals surface area contributed by atoms with Crippen molar-refractivity contribution >= 4 is 33.8 Å². The molecule has 1 fully saturated rings. The van der Waals surface area contributed by atoms with Crippen LogP contribution in [0.25, 0.3) is 22.0 Å². The van der Waals surface area contributed by atoms with Gasteiger partial charge in [-0.15, -0.1) is 0 Å². The van der Waals surface area contributed by atoms with Crippen LogP contribution in [0.5, 0.6) is 11.6 Å². The summed E-state index contributed by atoms with van der Waals surface area (Å²) in [4.78, 5) is 13.6. The number of benzene rings is 2. The third kappa shape index (κ3) is 6.93. The minimum atomic E-state index is -4.37. The van der Waals surface area contributed by atoms with Gasteiger partial charge in [0.2, 0.25) is 11.8 Å². The lowest BCUT2D eigenvalue weighted by atomic mass is 10.0. The zero-order chi connectivity index (χ0) is 28.1. The molecule has 5 rings (SSSR count). The molecule has 1 aliphatic rings. The van der Waals surface area contributed by atoms with Crippen LogP contribution in [0, 0.1) is 6.92 Å². The van der Waals surface area contributed by atoms with E-state index >= 15 is 0 Å². The van der Waals surface area contributed by atoms with E-state index in [1.54, 1.807) is 42.7 Å². The van der Waals surface area contributed by atoms with E-state index in [1.165, 1.54) is 0 Å². The molecule has 8 nitrogen and oxygen atoms in total. The molecule has 1 aliphatic heterocycles. The summed E-state index contributed by atoms with van der Waals surface area (Å²) in [7, 11) is 0. The number of rotatable bonds is 9. The molecule has 40 heavy (non-hydrogen) atoms. The van der Waals surface area contributed by atoms with E-state index in [9.17, 15) is 17.7 Å². The fraction of sp³-hybridized carbons (Fsp3) is 0.321. The van der Waals surface area contributed by atoms with E-state index in [-0.39, 0.29) is 6.04 Å². The minimum Gasteiger partial charge on any atom is -0.593 e. The van der Waals surface area contributed by atoms with Gasteiger partial charge in [-0.3, -0.25) is 0 Å². The average Bonchev–Trinajstić information content (AvgIpc) is 2.94. The summed E-state index contributed by atoms with van der Waals surface area (Å²) in [5.41, 5.74) is 2.48. The van der Waals surface area contributed by atoms with Gasteiger partial charge in [-0.1, -0.05) is 24.3 Å². The third-order valence-corrected chi connectivity index (χ3v) is 7.53. The van der Waals surface area contributed by atoms with Crippen molar-refractivity contribution in [1.82, 2.24) is 20.3 Å². The molecular formula is C28H29F3N6O2S. The number of halogens is 3. The van der Waals surface area contributed by atoms with Crippen molar-refractivity contribution in [2.24, 2.45) is 0 Å². The van der Waals surface area contributed by atoms with Gasteiger partial charge < -0.3 is 19.9 Å². The number of aromatic nitrogens is 3. The van der Waals surface area contributed by atoms with Crippen LogP contribution in [0.1, 0.15) is 24.8 Å². The summed E-state index contributed by atoms with van der Waals surface area (Å²) in [5, 5.41) is 8.12. The molecule has 2 aromatic heterocycles. The maximum absolute atomic E-state index is 12.6. The highest BCUT2D eigenvalue weighted by Crippen LogP contribution is 2.40. The van der Waals surface area contributed by atoms with Gasteiger partial charge in [0.15, 0.2) is 0 Å². The molecule has 0 amide bonds. The number of alkyl halides is 3. The molecule has 0 bridgehead atoms. The molecule has 0 radical (unpaired) electrons. The number of nitrogens with one attached hydrogen (secondary N) is 3. The van der Waals surface area contributed by atoms with Gasteiger partial charge >= 0.3 is 6.18 Å². The Morgan fingerprint density at radius 1 is 1.10 bits per heavy atom. The summed E-state index contributed by atoms with van der Waals surface area (Å²) in [6.45, 7) is 3.68. The Labute approximate surface area is 233 Å². The van der Waals surface area contributed by atoms with Crippen LogP contribution in [-0.4, -0.2) is 50.6 Å². The Hall–Kier alpha value is -3.61. The molecule has 4 aromatic rings. The Balaban J connectivity index is 1.43. The average molecular weight is 571 g/mol. The van der Waals surface area contributed by atoms with Crippen molar-refractivity contribution in [2.75, 3.05) is 28.9 Å². The van der Waals surface area contributed by atoms with E-state index in [0.717, 1.165) is 25.9 Å². The van der Waals surface area contributed by atoms with Crippen molar-refractivity contribution in [3.05, 3.63) is 66.5 Å². The second-order valence-electron chi connectivity index (χ2n) is 9.54. The molecule has 3 heterocycles. The molecule has 0 saturated carbocycles. The number of pyridine rings is 1. The number of fused-ring (bicyclic) bond motifs is 1. The fourth-order valence-corrected chi connectivity index (χ4v) is 5.52. The topological polar surface area (TPSA) is 107 Å². The molecular weight excluding hydrogens is 541 g/mol. The summed E-state index contributed by atoms with van der Waals surface area (Å²) in [5.74, 6) is 0.855. The molecule has 0 spiro atoms. The molecule has 2 aromatic carbocycles. The number of hydrogen-bond acceptors (Lipinski definition) is 8. The molecule has 3 N–H and O–H groups in total. The highest BCUT2D eigenvalue weighted by Gasteiger charge is 2.30. The largest absolute Gasteiger partial charge is 0.593 e. The lowest BCUT2D eigenvalue weighted by Gasteiger charge is -2.23. The first kappa shape index (κ1) is 27.9. The van der Waals surface area contributed by atoms with Gasteiger partial charge in [-0.2, -0.15) is 13.2 Å². The van der Waals surface area contributed by atoms with Crippen LogP contribution < -0.4 is 20.1 Å². The van der Waals surface area contributed by atoms with E-state index < -0.39 is 29.7 Å². The zero-order valence-corrected chi connectivity index (χ0v) is 22.6. The SMILES string of the molecule is Cc1cc(N[S+]([O-])CCC(F)(F)F)c2ccccc2c1Oc1ncccc1-c1ccnc(N[C@H]2CCCNC2)n1. The lowest BCUT2D eigenvalue weighted by Crippen LogP contribution is -2.38. The van der Waals surface area contributed by atoms with Gasteiger partial charge in [0.1, 0.15) is 11.5 Å². The highest BCUT2D eigenvalue weighted by atomic mass is 32.2. The molecule has 210 valence electrons. The van der Waals surface area contributed by atoms with Crippen LogP contribution in [0.15, 0.2) is 60.9 Å². The lowest BCUT2D eigenvalue weighted by molar-refractivity contribution is -0.129. The fourth-order valence-electron chi connectivity index (χ4n) is 4.59. The maximum Gasteiger partial charge on any atom is 0.393 e. The number of aryl methyl sites for hydroxylation is 1. The van der Waals surface area contributed by atoms with Crippen molar-refractivity contribution in [3.8, 4) is 22.9 Å². The summed E-state index contributed by atoms with van der Waals surface area (Å²) in [6.07, 6.45) is -0.0637.